The molecule has 3 heterocycles. The van der Waals surface area contributed by atoms with Crippen molar-refractivity contribution in [3.8, 4) is 0 Å². The smallest absolute Gasteiger partial charge is 0.263 e. The van der Waals surface area contributed by atoms with E-state index in [0.717, 1.165) is 13.0 Å². The Balaban J connectivity index is 1.80. The molecule has 0 spiro atoms. The minimum atomic E-state index is -0.160. The summed E-state index contributed by atoms with van der Waals surface area (Å²) >= 11 is 1.27. The zero-order valence-electron chi connectivity index (χ0n) is 11.1. The van der Waals surface area contributed by atoms with E-state index in [9.17, 15) is 4.79 Å². The molecule has 7 heteroatoms. The van der Waals surface area contributed by atoms with Crippen LogP contribution in [0.4, 0.5) is 5.69 Å². The van der Waals surface area contributed by atoms with Crippen LogP contribution in [0.2, 0.25) is 0 Å². The minimum Gasteiger partial charge on any atom is -0.396 e. The number of nitrogens with one attached hydrogen (secondary N) is 1. The highest BCUT2D eigenvalue weighted by molar-refractivity contribution is 7.21. The van der Waals surface area contributed by atoms with Gasteiger partial charge in [0.05, 0.1) is 12.3 Å². The van der Waals surface area contributed by atoms with Crippen LogP contribution in [-0.2, 0) is 4.74 Å². The van der Waals surface area contributed by atoms with Gasteiger partial charge >= 0.3 is 0 Å². The molecule has 6 nitrogen and oxygen atoms in total. The van der Waals surface area contributed by atoms with E-state index in [2.05, 4.69) is 15.3 Å². The molecule has 0 saturated carbocycles. The summed E-state index contributed by atoms with van der Waals surface area (Å²) in [5, 5.41) is 3.00. The summed E-state index contributed by atoms with van der Waals surface area (Å²) < 4.78 is 5.34. The Morgan fingerprint density at radius 1 is 1.55 bits per heavy atom. The first-order valence-electron chi connectivity index (χ1n) is 6.54. The number of anilines is 1. The lowest BCUT2D eigenvalue weighted by Crippen LogP contribution is -2.38. The third-order valence-electron chi connectivity index (χ3n) is 3.60. The van der Waals surface area contributed by atoms with Crippen LogP contribution in [0.1, 0.15) is 23.0 Å². The van der Waals surface area contributed by atoms with Crippen molar-refractivity contribution in [3.05, 3.63) is 17.3 Å². The second kappa shape index (κ2) is 5.34. The summed E-state index contributed by atoms with van der Waals surface area (Å²) in [5.74, 6) is 0.206. The Hall–Kier alpha value is -1.73. The number of rotatable bonds is 3. The van der Waals surface area contributed by atoms with Crippen molar-refractivity contribution >= 4 is 33.3 Å². The van der Waals surface area contributed by atoms with Gasteiger partial charge in [-0.15, -0.1) is 11.3 Å². The summed E-state index contributed by atoms with van der Waals surface area (Å²) in [7, 11) is 0. The highest BCUT2D eigenvalue weighted by Crippen LogP contribution is 2.30. The molecule has 2 aromatic rings. The van der Waals surface area contributed by atoms with Gasteiger partial charge in [0, 0.05) is 31.0 Å². The molecule has 1 saturated heterocycles. The molecule has 0 radical (unpaired) electrons. The van der Waals surface area contributed by atoms with E-state index in [1.807, 2.05) is 6.92 Å². The van der Waals surface area contributed by atoms with Gasteiger partial charge in [0.2, 0.25) is 0 Å². The van der Waals surface area contributed by atoms with Gasteiger partial charge in [0.25, 0.3) is 5.91 Å². The van der Waals surface area contributed by atoms with E-state index in [1.165, 1.54) is 11.3 Å². The standard InChI is InChI=1S/C13H16N4O2S/c1-7(8-2-5-19-6-8)17-12(18)11-9(14)10-13(20-11)16-4-3-15-10/h3-4,7-8H,2,5-6,14H2,1H3,(H,17,18). The lowest BCUT2D eigenvalue weighted by Gasteiger charge is -2.18. The maximum Gasteiger partial charge on any atom is 0.263 e. The van der Waals surface area contributed by atoms with Gasteiger partial charge < -0.3 is 15.8 Å². The number of aromatic nitrogens is 2. The zero-order valence-corrected chi connectivity index (χ0v) is 11.9. The number of thiophene rings is 1. The van der Waals surface area contributed by atoms with E-state index in [-0.39, 0.29) is 11.9 Å². The zero-order chi connectivity index (χ0) is 14.1. The lowest BCUT2D eigenvalue weighted by atomic mass is 10.0. The Morgan fingerprint density at radius 2 is 2.35 bits per heavy atom. The second-order valence-electron chi connectivity index (χ2n) is 4.94. The van der Waals surface area contributed by atoms with E-state index >= 15 is 0 Å². The lowest BCUT2D eigenvalue weighted by molar-refractivity contribution is 0.0927. The number of nitrogens with zero attached hydrogens (tertiary/aromatic N) is 2. The predicted octanol–water partition coefficient (Wildman–Crippen LogP) is 1.43. The van der Waals surface area contributed by atoms with Crippen LogP contribution in [0.5, 0.6) is 0 Å². The molecule has 0 aliphatic carbocycles. The quantitative estimate of drug-likeness (QED) is 0.893. The molecule has 1 aliphatic rings. The number of nitrogens with two attached hydrogens (primary N) is 1. The number of hydrogen-bond donors (Lipinski definition) is 2. The number of carbonyl (C=O) groups excluding carboxylic acids is 1. The third kappa shape index (κ3) is 2.34. The first-order valence-corrected chi connectivity index (χ1v) is 7.36. The van der Waals surface area contributed by atoms with E-state index in [0.29, 0.717) is 33.4 Å². The van der Waals surface area contributed by atoms with E-state index < -0.39 is 0 Å². The molecular formula is C13H16N4O2S. The first kappa shape index (κ1) is 13.3. The van der Waals surface area contributed by atoms with Gasteiger partial charge in [-0.1, -0.05) is 0 Å². The molecule has 2 atom stereocenters. The monoisotopic (exact) mass is 292 g/mol. The summed E-state index contributed by atoms with van der Waals surface area (Å²) in [6.07, 6.45) is 4.15. The third-order valence-corrected chi connectivity index (χ3v) is 4.70. The molecule has 0 aromatic carbocycles. The number of fused-ring (bicyclic) bond motifs is 1. The molecule has 0 bridgehead atoms. The van der Waals surface area contributed by atoms with Crippen LogP contribution < -0.4 is 11.1 Å². The van der Waals surface area contributed by atoms with Crippen LogP contribution in [0.15, 0.2) is 12.4 Å². The average Bonchev–Trinajstić information content (AvgIpc) is 3.07. The highest BCUT2D eigenvalue weighted by atomic mass is 32.1. The molecule has 2 unspecified atom stereocenters. The Bertz CT molecular complexity index is 636. The largest absolute Gasteiger partial charge is 0.396 e. The molecule has 2 aromatic heterocycles. The van der Waals surface area contributed by atoms with Gasteiger partial charge in [-0.05, 0) is 13.3 Å². The fourth-order valence-corrected chi connectivity index (χ4v) is 3.27. The van der Waals surface area contributed by atoms with Gasteiger partial charge in [0.15, 0.2) is 0 Å². The van der Waals surface area contributed by atoms with E-state index in [4.69, 9.17) is 10.5 Å². The Kier molecular flexibility index (Phi) is 3.54. The molecule has 1 aliphatic heterocycles. The van der Waals surface area contributed by atoms with Crippen molar-refractivity contribution in [2.24, 2.45) is 5.92 Å². The molecule has 3 rings (SSSR count). The molecular weight excluding hydrogens is 276 g/mol. The van der Waals surface area contributed by atoms with Gasteiger partial charge in [-0.3, -0.25) is 4.79 Å². The number of carbonyl (C=O) groups is 1. The number of nitrogen functional groups attached to an aromatic ring is 1. The molecule has 20 heavy (non-hydrogen) atoms. The molecule has 1 amide bonds. The van der Waals surface area contributed by atoms with Crippen molar-refractivity contribution in [2.75, 3.05) is 18.9 Å². The fourth-order valence-electron chi connectivity index (χ4n) is 2.35. The molecule has 106 valence electrons. The Morgan fingerprint density at radius 3 is 3.05 bits per heavy atom. The van der Waals surface area contributed by atoms with Crippen molar-refractivity contribution in [3.63, 3.8) is 0 Å². The van der Waals surface area contributed by atoms with Gasteiger partial charge in [0.1, 0.15) is 15.2 Å². The summed E-state index contributed by atoms with van der Waals surface area (Å²) in [6, 6.07) is 0.0653. The van der Waals surface area contributed by atoms with Gasteiger partial charge in [-0.2, -0.15) is 0 Å². The minimum absolute atomic E-state index is 0.0653. The SMILES string of the molecule is CC(NC(=O)c1sc2nccnc2c1N)C1CCOC1. The van der Waals surface area contributed by atoms with Crippen LogP contribution in [0, 0.1) is 5.92 Å². The number of ether oxygens (including phenoxy) is 1. The number of hydrogen-bond acceptors (Lipinski definition) is 6. The average molecular weight is 292 g/mol. The topological polar surface area (TPSA) is 90.1 Å². The van der Waals surface area contributed by atoms with Crippen molar-refractivity contribution in [1.82, 2.24) is 15.3 Å². The van der Waals surface area contributed by atoms with E-state index in [1.54, 1.807) is 12.4 Å². The van der Waals surface area contributed by atoms with Crippen molar-refractivity contribution < 1.29 is 9.53 Å². The van der Waals surface area contributed by atoms with Gasteiger partial charge in [-0.25, -0.2) is 9.97 Å². The van der Waals surface area contributed by atoms with Crippen molar-refractivity contribution in [1.29, 1.82) is 0 Å². The molecule has 3 N–H and O–H groups in total. The summed E-state index contributed by atoms with van der Waals surface area (Å²) in [6.45, 7) is 3.47. The summed E-state index contributed by atoms with van der Waals surface area (Å²) in [5.41, 5.74) is 7.00. The Labute approximate surface area is 120 Å². The van der Waals surface area contributed by atoms with Crippen molar-refractivity contribution in [2.45, 2.75) is 19.4 Å². The maximum atomic E-state index is 12.3. The molecule has 1 fully saturated rings. The predicted molar refractivity (Wildman–Crippen MR) is 77.7 cm³/mol. The summed E-state index contributed by atoms with van der Waals surface area (Å²) in [4.78, 5) is 21.8. The highest BCUT2D eigenvalue weighted by Gasteiger charge is 2.25. The van der Waals surface area contributed by atoms with Crippen LogP contribution >= 0.6 is 11.3 Å². The fraction of sp³-hybridized carbons (Fsp3) is 0.462. The van der Waals surface area contributed by atoms with Crippen LogP contribution in [-0.4, -0.2) is 35.1 Å². The van der Waals surface area contributed by atoms with Crippen LogP contribution in [0.3, 0.4) is 0 Å². The second-order valence-corrected chi connectivity index (χ2v) is 5.94. The first-order chi connectivity index (χ1) is 9.66. The normalized spacial score (nSPS) is 20.1. The number of amides is 1. The van der Waals surface area contributed by atoms with Crippen LogP contribution in [0.25, 0.3) is 10.3 Å². The maximum absolute atomic E-state index is 12.3.